The van der Waals surface area contributed by atoms with Crippen molar-refractivity contribution in [1.82, 2.24) is 30.8 Å². The first-order valence-corrected chi connectivity index (χ1v) is 26.2. The van der Waals surface area contributed by atoms with E-state index in [2.05, 4.69) is 25.9 Å². The molecule has 2 fully saturated rings. The lowest BCUT2D eigenvalue weighted by molar-refractivity contribution is -0.117. The Morgan fingerprint density at radius 3 is 1.44 bits per heavy atom. The highest BCUT2D eigenvalue weighted by Crippen LogP contribution is 2.35. The number of carbonyl (C=O) groups is 4. The van der Waals surface area contributed by atoms with Crippen LogP contribution in [0.1, 0.15) is 82.9 Å². The molecule has 4 aromatic carbocycles. The molecule has 8 aromatic rings. The van der Waals surface area contributed by atoms with E-state index in [0.29, 0.717) is 75.9 Å². The summed E-state index contributed by atoms with van der Waals surface area (Å²) in [4.78, 5) is 58.0. The lowest BCUT2D eigenvalue weighted by Crippen LogP contribution is -2.45. The van der Waals surface area contributed by atoms with Gasteiger partial charge in [-0.05, 0) is 183 Å². The van der Waals surface area contributed by atoms with Crippen LogP contribution in [0.25, 0.3) is 56.3 Å². The first-order valence-electron chi connectivity index (χ1n) is 25.4. The van der Waals surface area contributed by atoms with E-state index < -0.39 is 11.6 Å². The fraction of sp³-hybridized carbons (Fsp3) is 0.233. The molecule has 0 bridgehead atoms. The van der Waals surface area contributed by atoms with Crippen LogP contribution in [0.4, 0.5) is 11.6 Å². The quantitative estimate of drug-likeness (QED) is 0.0529. The Hall–Kier alpha value is -8.32. The van der Waals surface area contributed by atoms with E-state index in [1.165, 1.54) is 12.2 Å². The molecule has 0 saturated carbocycles. The van der Waals surface area contributed by atoms with E-state index in [9.17, 15) is 29.4 Å². The van der Waals surface area contributed by atoms with Crippen LogP contribution in [-0.4, -0.2) is 91.3 Å². The first kappa shape index (κ1) is 56.9. The van der Waals surface area contributed by atoms with Gasteiger partial charge in [0.25, 0.3) is 5.91 Å². The number of pyridine rings is 2. The zero-order valence-electron chi connectivity index (χ0n) is 43.5. The number of nitrogens with two attached hydrogens (primary N) is 2. The van der Waals surface area contributed by atoms with E-state index in [1.807, 2.05) is 68.4 Å². The van der Waals surface area contributed by atoms with Crippen molar-refractivity contribution in [2.75, 3.05) is 37.6 Å². The number of nitrogens with zero attached hydrogens (tertiary/aromatic N) is 3. The molecule has 0 spiro atoms. The van der Waals surface area contributed by atoms with Gasteiger partial charge in [-0.3, -0.25) is 14.4 Å². The number of aromatic nitrogens is 2. The highest BCUT2D eigenvalue weighted by Gasteiger charge is 2.30. The summed E-state index contributed by atoms with van der Waals surface area (Å²) in [6.45, 7) is 7.11. The smallest absolute Gasteiger partial charge is 0.335 e. The summed E-state index contributed by atoms with van der Waals surface area (Å²) in [5.41, 5.74) is 16.9. The number of rotatable bonds is 12. The minimum Gasteiger partial charge on any atom is -0.478 e. The van der Waals surface area contributed by atoms with E-state index in [0.717, 1.165) is 70.1 Å². The lowest BCUT2D eigenvalue weighted by atomic mass is 9.93. The second kappa shape index (κ2) is 25.4. The molecule has 79 heavy (non-hydrogen) atoms. The molecule has 19 heteroatoms. The lowest BCUT2D eigenvalue weighted by Gasteiger charge is -2.35. The third-order valence-electron chi connectivity index (χ3n) is 13.3. The Labute approximate surface area is 465 Å². The predicted octanol–water partition coefficient (Wildman–Crippen LogP) is 9.93. The Morgan fingerprint density at radius 1 is 0.620 bits per heavy atom. The zero-order chi connectivity index (χ0) is 56.3. The minimum absolute atomic E-state index is 0.0352. The van der Waals surface area contributed by atoms with Gasteiger partial charge < -0.3 is 56.5 Å². The van der Waals surface area contributed by atoms with Crippen LogP contribution in [0.3, 0.4) is 0 Å². The summed E-state index contributed by atoms with van der Waals surface area (Å²) in [7, 11) is 0. The number of amides is 3. The largest absolute Gasteiger partial charge is 0.478 e. The molecule has 2 aliphatic heterocycles. The summed E-state index contributed by atoms with van der Waals surface area (Å²) in [6.07, 6.45) is 12.2. The van der Waals surface area contributed by atoms with Crippen molar-refractivity contribution in [3.05, 3.63) is 178 Å². The molecule has 10 N–H and O–H groups in total. The molecule has 2 aliphatic rings. The molecule has 0 aliphatic carbocycles. The van der Waals surface area contributed by atoms with Crippen molar-refractivity contribution in [2.24, 2.45) is 0 Å². The molecule has 0 atom stereocenters. The van der Waals surface area contributed by atoms with E-state index >= 15 is 0 Å². The summed E-state index contributed by atoms with van der Waals surface area (Å²) < 4.78 is 11.7. The number of piperidine rings is 2. The minimum atomic E-state index is -0.980. The molecule has 0 radical (unpaired) electrons. The Morgan fingerprint density at radius 2 is 1.05 bits per heavy atom. The van der Waals surface area contributed by atoms with Crippen LogP contribution < -0.4 is 27.4 Å². The molecule has 3 amide bonds. The number of carboxylic acids is 1. The molecule has 2 saturated heterocycles. The number of carboxylic acid groups (broad SMARTS) is 1. The number of hydrogen-bond donors (Lipinski definition) is 8. The number of nitrogen functional groups attached to an aromatic ring is 2. The summed E-state index contributed by atoms with van der Waals surface area (Å²) >= 11 is 12.9. The van der Waals surface area contributed by atoms with Gasteiger partial charge in [0, 0.05) is 54.0 Å². The van der Waals surface area contributed by atoms with Crippen LogP contribution in [0, 0.1) is 0 Å². The van der Waals surface area contributed by atoms with Crippen molar-refractivity contribution in [3.8, 4) is 22.3 Å². The molecule has 0 unspecified atom stereocenters. The summed E-state index contributed by atoms with van der Waals surface area (Å²) in [5.74, 6) is 0.378. The van der Waals surface area contributed by atoms with Gasteiger partial charge in [-0.2, -0.15) is 0 Å². The highest BCUT2D eigenvalue weighted by molar-refractivity contribution is 6.35. The number of halogens is 2. The summed E-state index contributed by atoms with van der Waals surface area (Å²) in [6, 6.07) is 31.9. The SMILES string of the molecule is CC1(O)CCN(C(=O)c2ccc(-c3cc(Cl)c4oc(CNC(=O)/C=C/c5ccc(N)nc5)cc4c3)cc2)CC1.CC1(O)CCNCC1.Nc1ccc(/C=C/C(=O)NCc2cc3cc(-c4ccc(C(=O)O)cc4)cc(Cl)c3o2)cn1. The van der Waals surface area contributed by atoms with Crippen LogP contribution >= 0.6 is 23.2 Å². The summed E-state index contributed by atoms with van der Waals surface area (Å²) in [5, 5.41) is 39.7. The normalized spacial score (nSPS) is 14.8. The van der Waals surface area contributed by atoms with Crippen molar-refractivity contribution in [1.29, 1.82) is 0 Å². The van der Waals surface area contributed by atoms with Crippen LogP contribution in [0.5, 0.6) is 0 Å². The number of fused-ring (bicyclic) bond motifs is 2. The zero-order valence-corrected chi connectivity index (χ0v) is 45.0. The maximum absolute atomic E-state index is 12.9. The van der Waals surface area contributed by atoms with E-state index in [-0.39, 0.29) is 42.0 Å². The number of likely N-dealkylation sites (tertiary alicyclic amines) is 1. The van der Waals surface area contributed by atoms with Gasteiger partial charge >= 0.3 is 5.97 Å². The molecule has 4 aromatic heterocycles. The van der Waals surface area contributed by atoms with Crippen molar-refractivity contribution in [2.45, 2.75) is 63.8 Å². The molecular formula is C60H60Cl2N8O9. The number of anilines is 2. The van der Waals surface area contributed by atoms with Crippen molar-refractivity contribution in [3.63, 3.8) is 0 Å². The number of hydrogen-bond acceptors (Lipinski definition) is 13. The number of aliphatic hydroxyl groups is 2. The van der Waals surface area contributed by atoms with Crippen LogP contribution in [0.2, 0.25) is 10.0 Å². The maximum atomic E-state index is 12.9. The first-order chi connectivity index (χ1) is 37.8. The van der Waals surface area contributed by atoms with Gasteiger partial charge in [0.2, 0.25) is 11.8 Å². The van der Waals surface area contributed by atoms with Gasteiger partial charge in [0.1, 0.15) is 23.2 Å². The van der Waals surface area contributed by atoms with E-state index in [1.54, 1.807) is 84.0 Å². The average Bonchev–Trinajstić information content (AvgIpc) is 4.25. The Balaban J connectivity index is 0.000000185. The number of furan rings is 2. The predicted molar refractivity (Wildman–Crippen MR) is 308 cm³/mol. The second-order valence-corrected chi connectivity index (χ2v) is 20.6. The second-order valence-electron chi connectivity index (χ2n) is 19.8. The third-order valence-corrected chi connectivity index (χ3v) is 13.9. The third kappa shape index (κ3) is 15.9. The highest BCUT2D eigenvalue weighted by atomic mass is 35.5. The molecule has 17 nitrogen and oxygen atoms in total. The Kier molecular flexibility index (Phi) is 18.3. The monoisotopic (exact) mass is 1110 g/mol. The number of nitrogens with one attached hydrogen (secondary N) is 3. The van der Waals surface area contributed by atoms with Gasteiger partial charge in [-0.25, -0.2) is 14.8 Å². The van der Waals surface area contributed by atoms with Gasteiger partial charge in [-0.15, -0.1) is 0 Å². The Bertz CT molecular complexity index is 3500. The van der Waals surface area contributed by atoms with Gasteiger partial charge in [0.15, 0.2) is 11.2 Å². The number of benzene rings is 4. The number of aromatic carboxylic acids is 1. The topological polar surface area (TPSA) is 272 Å². The van der Waals surface area contributed by atoms with Crippen molar-refractivity contribution < 1.29 is 43.3 Å². The van der Waals surface area contributed by atoms with E-state index in [4.69, 9.17) is 48.6 Å². The standard InChI is InChI=1S/C30H29ClN4O4.C24H18ClN3O4.C6H13NO/c1-30(38)10-12-35(13-11-30)29(37)21-6-4-20(5-7-21)22-14-23-15-24(39-28(23)25(31)16-22)18-34-27(36)9-3-19-2-8-26(32)33-17-19;25-20-11-17(15-3-5-16(6-4-15)24(30)31)9-18-10-19(32-23(18)20)13-28-22(29)8-2-14-1-7-21(26)27-12-14;1-6(8)2-4-7-5-3-6/h2-9,14-17,38H,10-13,18H2,1H3,(H2,32,33)(H,34,36);1-12H,13H2,(H2,26,27)(H,28,29)(H,30,31);7-8H,2-5H2,1H3/b9-3+;8-2+;. The fourth-order valence-electron chi connectivity index (χ4n) is 8.63. The van der Waals surface area contributed by atoms with Gasteiger partial charge in [-0.1, -0.05) is 47.5 Å². The average molecular weight is 1110 g/mol. The van der Waals surface area contributed by atoms with Crippen molar-refractivity contribution >= 4 is 92.6 Å². The van der Waals surface area contributed by atoms with Crippen LogP contribution in [-0.2, 0) is 22.7 Å². The number of carbonyl (C=O) groups excluding carboxylic acids is 3. The molecular weight excluding hydrogens is 1050 g/mol. The fourth-order valence-corrected chi connectivity index (χ4v) is 9.16. The maximum Gasteiger partial charge on any atom is 0.335 e. The molecule has 408 valence electrons. The van der Waals surface area contributed by atoms with Crippen LogP contribution in [0.15, 0.2) is 143 Å². The molecule has 10 rings (SSSR count). The van der Waals surface area contributed by atoms with Gasteiger partial charge in [0.05, 0.1) is 39.9 Å². The molecule has 6 heterocycles.